The highest BCUT2D eigenvalue weighted by Gasteiger charge is 2.23. The number of aryl methyl sites for hydroxylation is 1. The molecular weight excluding hydrogens is 278 g/mol. The lowest BCUT2D eigenvalue weighted by Crippen LogP contribution is -1.93. The zero-order chi connectivity index (χ0) is 13.3. The highest BCUT2D eigenvalue weighted by Crippen LogP contribution is 2.40. The molecule has 0 aliphatic carbocycles. The SMILES string of the molecule is CC(=O)c1cc([N+](=O)[O-])c(Sc2nnnn2C)s1. The molecule has 94 valence electrons. The van der Waals surface area contributed by atoms with Crippen molar-refractivity contribution in [3.8, 4) is 0 Å². The van der Waals surface area contributed by atoms with Gasteiger partial charge in [-0.05, 0) is 29.1 Å². The molecule has 0 spiro atoms. The Hall–Kier alpha value is -1.81. The van der Waals surface area contributed by atoms with Crippen LogP contribution in [-0.2, 0) is 7.05 Å². The monoisotopic (exact) mass is 285 g/mol. The van der Waals surface area contributed by atoms with Crippen molar-refractivity contribution in [3.05, 3.63) is 21.1 Å². The minimum atomic E-state index is -0.519. The molecule has 8 nitrogen and oxygen atoms in total. The van der Waals surface area contributed by atoms with Gasteiger partial charge in [0, 0.05) is 13.1 Å². The van der Waals surface area contributed by atoms with Gasteiger partial charge in [0.15, 0.2) is 5.78 Å². The second-order valence-corrected chi connectivity index (χ2v) is 5.57. The minimum Gasteiger partial charge on any atom is -0.294 e. The Morgan fingerprint density at radius 3 is 2.83 bits per heavy atom. The molecule has 2 rings (SSSR count). The van der Waals surface area contributed by atoms with Crippen LogP contribution in [0.1, 0.15) is 16.6 Å². The number of aromatic nitrogens is 4. The van der Waals surface area contributed by atoms with Gasteiger partial charge in [0.2, 0.25) is 5.16 Å². The van der Waals surface area contributed by atoms with E-state index in [1.54, 1.807) is 7.05 Å². The summed E-state index contributed by atoms with van der Waals surface area (Å²) in [5.74, 6) is -0.203. The van der Waals surface area contributed by atoms with Gasteiger partial charge in [-0.3, -0.25) is 14.9 Å². The van der Waals surface area contributed by atoms with Crippen LogP contribution in [0.2, 0.25) is 0 Å². The predicted molar refractivity (Wildman–Crippen MR) is 63.9 cm³/mol. The van der Waals surface area contributed by atoms with E-state index in [1.807, 2.05) is 0 Å². The van der Waals surface area contributed by atoms with Crippen molar-refractivity contribution in [2.24, 2.45) is 7.05 Å². The molecule has 0 N–H and O–H groups in total. The fourth-order valence-electron chi connectivity index (χ4n) is 1.13. The van der Waals surface area contributed by atoms with Crippen molar-refractivity contribution >= 4 is 34.6 Å². The van der Waals surface area contributed by atoms with Crippen molar-refractivity contribution in [2.45, 2.75) is 16.3 Å². The van der Waals surface area contributed by atoms with Gasteiger partial charge in [0.05, 0.1) is 9.80 Å². The summed E-state index contributed by atoms with van der Waals surface area (Å²) in [7, 11) is 1.63. The molecule has 2 aromatic rings. The predicted octanol–water partition coefficient (Wildman–Crippen LogP) is 1.53. The third-order valence-corrected chi connectivity index (χ3v) is 4.43. The summed E-state index contributed by atoms with van der Waals surface area (Å²) >= 11 is 2.13. The quantitative estimate of drug-likeness (QED) is 0.476. The summed E-state index contributed by atoms with van der Waals surface area (Å²) in [6.45, 7) is 1.37. The lowest BCUT2D eigenvalue weighted by Gasteiger charge is -1.95. The number of thiophene rings is 1. The fraction of sp³-hybridized carbons (Fsp3) is 0.250. The third-order valence-electron chi connectivity index (χ3n) is 1.99. The van der Waals surface area contributed by atoms with Crippen LogP contribution in [0.3, 0.4) is 0 Å². The van der Waals surface area contributed by atoms with Gasteiger partial charge in [0.25, 0.3) is 5.69 Å². The van der Waals surface area contributed by atoms with E-state index in [0.717, 1.165) is 23.1 Å². The average Bonchev–Trinajstić information content (AvgIpc) is 2.87. The summed E-state index contributed by atoms with van der Waals surface area (Å²) in [5.41, 5.74) is -0.0989. The van der Waals surface area contributed by atoms with Crippen LogP contribution >= 0.6 is 23.1 Å². The zero-order valence-electron chi connectivity index (χ0n) is 9.35. The molecule has 10 heteroatoms. The van der Waals surface area contributed by atoms with E-state index in [4.69, 9.17) is 0 Å². The third kappa shape index (κ3) is 2.38. The maximum Gasteiger partial charge on any atom is 0.294 e. The van der Waals surface area contributed by atoms with Crippen LogP contribution in [0.15, 0.2) is 15.4 Å². The highest BCUT2D eigenvalue weighted by atomic mass is 32.2. The van der Waals surface area contributed by atoms with Crippen LogP contribution in [0, 0.1) is 10.1 Å². The molecule has 0 fully saturated rings. The van der Waals surface area contributed by atoms with E-state index in [0.29, 0.717) is 14.2 Å². The minimum absolute atomic E-state index is 0.0989. The number of hydrogen-bond acceptors (Lipinski definition) is 8. The number of hydrogen-bond donors (Lipinski definition) is 0. The van der Waals surface area contributed by atoms with Crippen molar-refractivity contribution in [3.63, 3.8) is 0 Å². The van der Waals surface area contributed by atoms with Crippen LogP contribution in [0.4, 0.5) is 5.69 Å². The molecule has 0 saturated heterocycles. The fourth-order valence-corrected chi connectivity index (χ4v) is 3.19. The Morgan fingerprint density at radius 1 is 1.61 bits per heavy atom. The molecule has 0 bridgehead atoms. The van der Waals surface area contributed by atoms with E-state index in [-0.39, 0.29) is 11.5 Å². The van der Waals surface area contributed by atoms with Gasteiger partial charge in [-0.2, -0.15) is 0 Å². The molecule has 0 aliphatic rings. The first kappa shape index (κ1) is 12.6. The summed E-state index contributed by atoms with van der Waals surface area (Å²) in [5, 5.41) is 22.1. The Labute approximate surface area is 109 Å². The number of carbonyl (C=O) groups is 1. The lowest BCUT2D eigenvalue weighted by atomic mass is 10.3. The summed E-state index contributed by atoms with van der Waals surface area (Å²) in [6, 6.07) is 1.28. The number of carbonyl (C=O) groups excluding carboxylic acids is 1. The van der Waals surface area contributed by atoms with Gasteiger partial charge < -0.3 is 0 Å². The van der Waals surface area contributed by atoms with Crippen molar-refractivity contribution in [1.29, 1.82) is 0 Å². The molecule has 0 aliphatic heterocycles. The van der Waals surface area contributed by atoms with Gasteiger partial charge in [-0.15, -0.1) is 16.4 Å². The molecule has 2 heterocycles. The summed E-state index contributed by atoms with van der Waals surface area (Å²) in [6.07, 6.45) is 0. The maximum atomic E-state index is 11.2. The number of rotatable bonds is 4. The van der Waals surface area contributed by atoms with E-state index in [9.17, 15) is 14.9 Å². The van der Waals surface area contributed by atoms with Crippen LogP contribution in [0.5, 0.6) is 0 Å². The van der Waals surface area contributed by atoms with E-state index in [2.05, 4.69) is 15.5 Å². The molecule has 18 heavy (non-hydrogen) atoms. The Kier molecular flexibility index (Phi) is 3.39. The summed E-state index contributed by atoms with van der Waals surface area (Å²) < 4.78 is 1.80. The van der Waals surface area contributed by atoms with E-state index < -0.39 is 4.92 Å². The van der Waals surface area contributed by atoms with Crippen molar-refractivity contribution in [2.75, 3.05) is 0 Å². The topological polar surface area (TPSA) is 104 Å². The Morgan fingerprint density at radius 2 is 2.33 bits per heavy atom. The second kappa shape index (κ2) is 4.82. The van der Waals surface area contributed by atoms with Gasteiger partial charge in [-0.1, -0.05) is 0 Å². The lowest BCUT2D eigenvalue weighted by molar-refractivity contribution is -0.387. The number of Topliss-reactive ketones (excluding diaryl/α,β-unsaturated/α-hetero) is 1. The average molecular weight is 285 g/mol. The number of ketones is 1. The molecule has 0 amide bonds. The normalized spacial score (nSPS) is 10.6. The van der Waals surface area contributed by atoms with Crippen LogP contribution in [-0.4, -0.2) is 30.9 Å². The molecule has 0 unspecified atom stereocenters. The number of nitrogens with zero attached hydrogens (tertiary/aromatic N) is 5. The first-order valence-electron chi connectivity index (χ1n) is 4.68. The number of tetrazole rings is 1. The second-order valence-electron chi connectivity index (χ2n) is 3.28. The zero-order valence-corrected chi connectivity index (χ0v) is 11.0. The first-order valence-corrected chi connectivity index (χ1v) is 6.31. The smallest absolute Gasteiger partial charge is 0.294 e. The number of nitro groups is 1. The molecule has 0 radical (unpaired) electrons. The molecule has 0 atom stereocenters. The van der Waals surface area contributed by atoms with Crippen LogP contribution < -0.4 is 0 Å². The van der Waals surface area contributed by atoms with Gasteiger partial charge >= 0.3 is 0 Å². The van der Waals surface area contributed by atoms with E-state index in [1.165, 1.54) is 17.7 Å². The molecule has 0 aromatic carbocycles. The Bertz CT molecular complexity index is 620. The standard InChI is InChI=1S/C8H7N5O3S2/c1-4(14)6-3-5(13(15)16)7(17-6)18-8-9-10-11-12(8)2/h3H,1-2H3. The summed E-state index contributed by atoms with van der Waals surface area (Å²) in [4.78, 5) is 22.0. The Balaban J connectivity index is 2.40. The van der Waals surface area contributed by atoms with E-state index >= 15 is 0 Å². The van der Waals surface area contributed by atoms with Crippen molar-refractivity contribution in [1.82, 2.24) is 20.2 Å². The molecule has 0 saturated carbocycles. The molecular formula is C8H7N5O3S2. The van der Waals surface area contributed by atoms with Gasteiger partial charge in [-0.25, -0.2) is 4.68 Å². The maximum absolute atomic E-state index is 11.2. The largest absolute Gasteiger partial charge is 0.294 e. The first-order chi connectivity index (χ1) is 8.49. The molecule has 2 aromatic heterocycles. The van der Waals surface area contributed by atoms with Gasteiger partial charge in [0.1, 0.15) is 4.21 Å². The van der Waals surface area contributed by atoms with Crippen LogP contribution in [0.25, 0.3) is 0 Å². The van der Waals surface area contributed by atoms with Crippen molar-refractivity contribution < 1.29 is 9.72 Å². The highest BCUT2D eigenvalue weighted by molar-refractivity contribution is 8.01.